The largest absolute Gasteiger partial charge is 0.306 e. The highest BCUT2D eigenvalue weighted by Crippen LogP contribution is 2.34. The minimum Gasteiger partial charge on any atom is -0.306 e. The van der Waals surface area contributed by atoms with Crippen molar-refractivity contribution in [1.82, 2.24) is 0 Å². The van der Waals surface area contributed by atoms with Gasteiger partial charge in [-0.3, -0.25) is 14.9 Å². The van der Waals surface area contributed by atoms with Gasteiger partial charge >= 0.3 is 0 Å². The molecule has 1 heterocycles. The van der Waals surface area contributed by atoms with Crippen LogP contribution in [-0.2, 0) is 4.79 Å². The van der Waals surface area contributed by atoms with Crippen LogP contribution in [0.1, 0.15) is 6.42 Å². The SMILES string of the molecule is O=C1CC(CS)CN1c1ccc(Cl)cc1[N+](=O)[O-]. The first-order chi connectivity index (χ1) is 8.52. The Morgan fingerprint density at radius 3 is 2.83 bits per heavy atom. The van der Waals surface area contributed by atoms with Crippen LogP contribution in [-0.4, -0.2) is 23.1 Å². The second kappa shape index (κ2) is 5.16. The molecule has 1 fully saturated rings. The van der Waals surface area contributed by atoms with Gasteiger partial charge in [-0.15, -0.1) is 0 Å². The highest BCUT2D eigenvalue weighted by Gasteiger charge is 2.33. The van der Waals surface area contributed by atoms with E-state index in [-0.39, 0.29) is 22.5 Å². The molecule has 1 unspecified atom stereocenters. The third-order valence-corrected chi connectivity index (χ3v) is 3.64. The molecule has 7 heteroatoms. The van der Waals surface area contributed by atoms with Crippen LogP contribution >= 0.6 is 24.2 Å². The highest BCUT2D eigenvalue weighted by molar-refractivity contribution is 7.80. The maximum atomic E-state index is 11.8. The Kier molecular flexibility index (Phi) is 3.77. The number of amides is 1. The van der Waals surface area contributed by atoms with Gasteiger partial charge in [-0.2, -0.15) is 12.6 Å². The maximum Gasteiger partial charge on any atom is 0.294 e. The summed E-state index contributed by atoms with van der Waals surface area (Å²) in [7, 11) is 0. The quantitative estimate of drug-likeness (QED) is 0.527. The molecule has 96 valence electrons. The number of anilines is 1. The van der Waals surface area contributed by atoms with Gasteiger partial charge in [0.05, 0.1) is 4.92 Å². The van der Waals surface area contributed by atoms with Crippen molar-refractivity contribution in [2.45, 2.75) is 6.42 Å². The van der Waals surface area contributed by atoms with Gasteiger partial charge in [0.2, 0.25) is 5.91 Å². The predicted molar refractivity (Wildman–Crippen MR) is 72.4 cm³/mol. The van der Waals surface area contributed by atoms with Gasteiger partial charge in [0.25, 0.3) is 5.69 Å². The van der Waals surface area contributed by atoms with E-state index in [0.29, 0.717) is 24.4 Å². The topological polar surface area (TPSA) is 63.5 Å². The summed E-state index contributed by atoms with van der Waals surface area (Å²) in [5, 5.41) is 11.3. The van der Waals surface area contributed by atoms with Crippen molar-refractivity contribution in [1.29, 1.82) is 0 Å². The van der Waals surface area contributed by atoms with Crippen LogP contribution in [0.5, 0.6) is 0 Å². The first-order valence-corrected chi connectivity index (χ1v) is 6.39. The molecule has 2 rings (SSSR count). The average molecular weight is 287 g/mol. The molecule has 0 aliphatic carbocycles. The summed E-state index contributed by atoms with van der Waals surface area (Å²) in [5.74, 6) is 0.611. The molecular formula is C11H11ClN2O3S. The van der Waals surface area contributed by atoms with Crippen LogP contribution in [0.4, 0.5) is 11.4 Å². The molecule has 1 aromatic carbocycles. The second-order valence-electron chi connectivity index (χ2n) is 4.15. The van der Waals surface area contributed by atoms with Crippen LogP contribution in [0.3, 0.4) is 0 Å². The van der Waals surface area contributed by atoms with Gasteiger partial charge in [0, 0.05) is 24.1 Å². The van der Waals surface area contributed by atoms with E-state index in [9.17, 15) is 14.9 Å². The van der Waals surface area contributed by atoms with Gasteiger partial charge in [-0.25, -0.2) is 0 Å². The Morgan fingerprint density at radius 2 is 2.28 bits per heavy atom. The highest BCUT2D eigenvalue weighted by atomic mass is 35.5. The van der Waals surface area contributed by atoms with E-state index in [2.05, 4.69) is 12.6 Å². The van der Waals surface area contributed by atoms with E-state index < -0.39 is 4.92 Å². The van der Waals surface area contributed by atoms with Crippen molar-refractivity contribution in [3.63, 3.8) is 0 Å². The lowest BCUT2D eigenvalue weighted by molar-refractivity contribution is -0.384. The monoisotopic (exact) mass is 286 g/mol. The van der Waals surface area contributed by atoms with Crippen LogP contribution in [0.2, 0.25) is 5.02 Å². The summed E-state index contributed by atoms with van der Waals surface area (Å²) in [5.41, 5.74) is 0.161. The van der Waals surface area contributed by atoms with Gasteiger partial charge in [-0.1, -0.05) is 11.6 Å². The molecule has 0 radical (unpaired) electrons. The number of thiol groups is 1. The number of halogens is 1. The molecule has 1 atom stereocenters. The Labute approximate surface area is 114 Å². The smallest absolute Gasteiger partial charge is 0.294 e. The number of hydrogen-bond acceptors (Lipinski definition) is 4. The summed E-state index contributed by atoms with van der Waals surface area (Å²) in [6, 6.07) is 4.32. The molecule has 5 nitrogen and oxygen atoms in total. The van der Waals surface area contributed by atoms with Crippen LogP contribution in [0.15, 0.2) is 18.2 Å². The second-order valence-corrected chi connectivity index (χ2v) is 4.95. The van der Waals surface area contributed by atoms with Crippen LogP contribution < -0.4 is 4.90 Å². The molecule has 1 aliphatic rings. The van der Waals surface area contributed by atoms with Crippen molar-refractivity contribution < 1.29 is 9.72 Å². The van der Waals surface area contributed by atoms with E-state index in [1.54, 1.807) is 6.07 Å². The maximum absolute atomic E-state index is 11.8. The fourth-order valence-electron chi connectivity index (χ4n) is 2.01. The molecule has 18 heavy (non-hydrogen) atoms. The minimum absolute atomic E-state index is 0.112. The number of rotatable bonds is 3. The molecule has 0 bridgehead atoms. The molecule has 1 aromatic rings. The van der Waals surface area contributed by atoms with E-state index in [0.717, 1.165) is 0 Å². The van der Waals surface area contributed by atoms with Gasteiger partial charge in [0.15, 0.2) is 0 Å². The standard InChI is InChI=1S/C11H11ClN2O3S/c12-8-1-2-9(10(4-8)14(16)17)13-5-7(6-18)3-11(13)15/h1-2,4,7,18H,3,5-6H2. The Morgan fingerprint density at radius 1 is 1.56 bits per heavy atom. The van der Waals surface area contributed by atoms with E-state index in [1.165, 1.54) is 17.0 Å². The molecule has 0 spiro atoms. The van der Waals surface area contributed by atoms with Gasteiger partial charge < -0.3 is 4.90 Å². The van der Waals surface area contributed by atoms with E-state index in [1.807, 2.05) is 0 Å². The number of nitrogens with zero attached hydrogens (tertiary/aromatic N) is 2. The molecular weight excluding hydrogens is 276 g/mol. The minimum atomic E-state index is -0.525. The molecule has 1 amide bonds. The van der Waals surface area contributed by atoms with Crippen LogP contribution in [0.25, 0.3) is 0 Å². The summed E-state index contributed by atoms with van der Waals surface area (Å²) in [6.07, 6.45) is 0.378. The van der Waals surface area contributed by atoms with Crippen molar-refractivity contribution in [2.75, 3.05) is 17.2 Å². The zero-order valence-electron chi connectivity index (χ0n) is 9.38. The van der Waals surface area contributed by atoms with Gasteiger partial charge in [0.1, 0.15) is 5.69 Å². The van der Waals surface area contributed by atoms with Crippen molar-refractivity contribution in [3.8, 4) is 0 Å². The number of carbonyl (C=O) groups is 1. The molecule has 0 saturated carbocycles. The summed E-state index contributed by atoms with van der Waals surface area (Å²) >= 11 is 9.90. The molecule has 1 saturated heterocycles. The Bertz CT molecular complexity index is 509. The average Bonchev–Trinajstić information content (AvgIpc) is 2.70. The van der Waals surface area contributed by atoms with Crippen molar-refractivity contribution in [2.24, 2.45) is 5.92 Å². The first-order valence-electron chi connectivity index (χ1n) is 5.38. The normalized spacial score (nSPS) is 19.3. The number of nitro benzene ring substituents is 1. The summed E-state index contributed by atoms with van der Waals surface area (Å²) < 4.78 is 0. The fourth-order valence-corrected chi connectivity index (χ4v) is 2.42. The molecule has 0 N–H and O–H groups in total. The zero-order valence-corrected chi connectivity index (χ0v) is 11.0. The molecule has 0 aromatic heterocycles. The third kappa shape index (κ3) is 2.44. The predicted octanol–water partition coefficient (Wildman–Crippen LogP) is 2.53. The fraction of sp³-hybridized carbons (Fsp3) is 0.364. The number of benzene rings is 1. The summed E-state index contributed by atoms with van der Waals surface area (Å²) in [6.45, 7) is 0.463. The Hall–Kier alpha value is -1.27. The van der Waals surface area contributed by atoms with Gasteiger partial charge in [-0.05, 0) is 23.8 Å². The molecule has 1 aliphatic heterocycles. The third-order valence-electron chi connectivity index (χ3n) is 2.89. The summed E-state index contributed by atoms with van der Waals surface area (Å²) in [4.78, 5) is 23.7. The van der Waals surface area contributed by atoms with E-state index >= 15 is 0 Å². The lowest BCUT2D eigenvalue weighted by Gasteiger charge is -2.16. The Balaban J connectivity index is 2.39. The number of nitro groups is 1. The number of carbonyl (C=O) groups excluding carboxylic acids is 1. The lowest BCUT2D eigenvalue weighted by Crippen LogP contribution is -2.25. The van der Waals surface area contributed by atoms with Crippen LogP contribution in [0, 0.1) is 16.0 Å². The number of hydrogen-bond donors (Lipinski definition) is 1. The van der Waals surface area contributed by atoms with Crippen molar-refractivity contribution in [3.05, 3.63) is 33.3 Å². The zero-order chi connectivity index (χ0) is 13.3. The van der Waals surface area contributed by atoms with E-state index in [4.69, 9.17) is 11.6 Å². The first kappa shape index (κ1) is 13.2. The lowest BCUT2D eigenvalue weighted by atomic mass is 10.1. The van der Waals surface area contributed by atoms with Crippen molar-refractivity contribution >= 4 is 41.5 Å².